The van der Waals surface area contributed by atoms with Crippen LogP contribution in [0.3, 0.4) is 0 Å². The van der Waals surface area contributed by atoms with Gasteiger partial charge in [-0.3, -0.25) is 0 Å². The zero-order valence-corrected chi connectivity index (χ0v) is 9.91. The van der Waals surface area contributed by atoms with Crippen LogP contribution in [0.25, 0.3) is 0 Å². The fraction of sp³-hybridized carbons (Fsp3) is 0.667. The highest BCUT2D eigenvalue weighted by atomic mass is 32.1. The summed E-state index contributed by atoms with van der Waals surface area (Å²) >= 11 is 1.95. The first-order chi connectivity index (χ1) is 6.74. The fourth-order valence-electron chi connectivity index (χ4n) is 2.36. The highest BCUT2D eigenvalue weighted by Crippen LogP contribution is 2.29. The van der Waals surface area contributed by atoms with E-state index in [1.807, 2.05) is 11.3 Å². The van der Waals surface area contributed by atoms with Crippen molar-refractivity contribution < 1.29 is 0 Å². The van der Waals surface area contributed by atoms with Crippen LogP contribution in [0, 0.1) is 6.92 Å². The molecule has 0 aromatic carbocycles. The second-order valence-electron chi connectivity index (χ2n) is 4.35. The maximum absolute atomic E-state index is 3.68. The predicted octanol–water partition coefficient (Wildman–Crippen LogP) is 3.13. The summed E-state index contributed by atoms with van der Waals surface area (Å²) < 4.78 is 0. The van der Waals surface area contributed by atoms with E-state index in [1.165, 1.54) is 37.1 Å². The van der Waals surface area contributed by atoms with Crippen molar-refractivity contribution in [1.29, 1.82) is 0 Å². The molecule has 14 heavy (non-hydrogen) atoms. The Bertz CT molecular complexity index is 297. The first-order valence-corrected chi connectivity index (χ1v) is 6.36. The van der Waals surface area contributed by atoms with Gasteiger partial charge in [0.05, 0.1) is 0 Å². The average molecular weight is 209 g/mol. The molecule has 1 unspecified atom stereocenters. The quantitative estimate of drug-likeness (QED) is 0.806. The second kappa shape index (κ2) is 4.03. The topological polar surface area (TPSA) is 12.0 Å². The molecule has 0 aliphatic carbocycles. The minimum atomic E-state index is 0.414. The second-order valence-corrected chi connectivity index (χ2v) is 5.73. The summed E-state index contributed by atoms with van der Waals surface area (Å²) in [6, 6.07) is 4.52. The standard InChI is InChI=1S/C12H19NS/c1-3-12(7-4-8-13-12)9-11-6-5-10(2)14-11/h5-6,13H,3-4,7-9H2,1-2H3. The van der Waals surface area contributed by atoms with Crippen molar-refractivity contribution in [1.82, 2.24) is 5.32 Å². The molecule has 0 saturated carbocycles. The molecule has 78 valence electrons. The SMILES string of the molecule is CCC1(Cc2ccc(C)s2)CCCN1. The third-order valence-electron chi connectivity index (χ3n) is 3.32. The predicted molar refractivity (Wildman–Crippen MR) is 63.0 cm³/mol. The minimum Gasteiger partial charge on any atom is -0.311 e. The molecule has 0 amide bonds. The third-order valence-corrected chi connectivity index (χ3v) is 4.32. The van der Waals surface area contributed by atoms with Crippen molar-refractivity contribution in [3.8, 4) is 0 Å². The Kier molecular flexibility index (Phi) is 2.93. The van der Waals surface area contributed by atoms with Crippen LogP contribution < -0.4 is 5.32 Å². The minimum absolute atomic E-state index is 0.414. The zero-order valence-electron chi connectivity index (χ0n) is 9.10. The van der Waals surface area contributed by atoms with Crippen LogP contribution in [0.1, 0.15) is 35.9 Å². The molecule has 1 aliphatic rings. The Hall–Kier alpha value is -0.340. The molecule has 1 nitrogen and oxygen atoms in total. The van der Waals surface area contributed by atoms with Gasteiger partial charge in [-0.15, -0.1) is 11.3 Å². The van der Waals surface area contributed by atoms with Gasteiger partial charge < -0.3 is 5.32 Å². The van der Waals surface area contributed by atoms with E-state index < -0.39 is 0 Å². The van der Waals surface area contributed by atoms with Gasteiger partial charge in [0.2, 0.25) is 0 Å². The van der Waals surface area contributed by atoms with Crippen molar-refractivity contribution in [2.45, 2.75) is 45.1 Å². The summed E-state index contributed by atoms with van der Waals surface area (Å²) in [7, 11) is 0. The lowest BCUT2D eigenvalue weighted by Crippen LogP contribution is -2.40. The van der Waals surface area contributed by atoms with E-state index >= 15 is 0 Å². The molecule has 2 rings (SSSR count). The van der Waals surface area contributed by atoms with Crippen LogP contribution in [0.15, 0.2) is 12.1 Å². The molecule has 0 radical (unpaired) electrons. The lowest BCUT2D eigenvalue weighted by atomic mass is 9.90. The number of nitrogens with one attached hydrogen (secondary N) is 1. The Balaban J connectivity index is 2.08. The summed E-state index contributed by atoms with van der Waals surface area (Å²) in [5.74, 6) is 0. The molecular formula is C12H19NS. The molecule has 0 bridgehead atoms. The van der Waals surface area contributed by atoms with Crippen LogP contribution >= 0.6 is 11.3 Å². The monoisotopic (exact) mass is 209 g/mol. The largest absolute Gasteiger partial charge is 0.311 e. The van der Waals surface area contributed by atoms with Gasteiger partial charge in [-0.05, 0) is 51.3 Å². The van der Waals surface area contributed by atoms with E-state index in [1.54, 1.807) is 4.88 Å². The van der Waals surface area contributed by atoms with Gasteiger partial charge >= 0.3 is 0 Å². The van der Waals surface area contributed by atoms with Crippen LogP contribution in [-0.4, -0.2) is 12.1 Å². The summed E-state index contributed by atoms with van der Waals surface area (Å²) in [4.78, 5) is 2.98. The number of thiophene rings is 1. The first-order valence-electron chi connectivity index (χ1n) is 5.54. The van der Waals surface area contributed by atoms with Gasteiger partial charge in [-0.2, -0.15) is 0 Å². The van der Waals surface area contributed by atoms with Gasteiger partial charge in [0.1, 0.15) is 0 Å². The van der Waals surface area contributed by atoms with E-state index in [0.717, 1.165) is 0 Å². The smallest absolute Gasteiger partial charge is 0.0227 e. The highest BCUT2D eigenvalue weighted by Gasteiger charge is 2.31. The Morgan fingerprint density at radius 3 is 2.86 bits per heavy atom. The van der Waals surface area contributed by atoms with Crippen LogP contribution in [0.2, 0.25) is 0 Å². The molecular weight excluding hydrogens is 190 g/mol. The van der Waals surface area contributed by atoms with Crippen molar-refractivity contribution in [3.63, 3.8) is 0 Å². The number of aryl methyl sites for hydroxylation is 1. The molecule has 1 fully saturated rings. The van der Waals surface area contributed by atoms with Crippen molar-refractivity contribution in [3.05, 3.63) is 21.9 Å². The average Bonchev–Trinajstić information content (AvgIpc) is 2.77. The summed E-state index contributed by atoms with van der Waals surface area (Å²) in [5, 5.41) is 3.68. The van der Waals surface area contributed by atoms with Gasteiger partial charge in [-0.1, -0.05) is 6.92 Å². The number of hydrogen-bond acceptors (Lipinski definition) is 2. The normalized spacial score (nSPS) is 27.0. The molecule has 1 aliphatic heterocycles. The maximum atomic E-state index is 3.68. The Morgan fingerprint density at radius 1 is 1.50 bits per heavy atom. The lowest BCUT2D eigenvalue weighted by molar-refractivity contribution is 0.362. The molecule has 1 N–H and O–H groups in total. The number of hydrogen-bond donors (Lipinski definition) is 1. The van der Waals surface area contributed by atoms with Crippen LogP contribution in [-0.2, 0) is 6.42 Å². The summed E-state index contributed by atoms with van der Waals surface area (Å²) in [6.07, 6.45) is 5.17. The summed E-state index contributed by atoms with van der Waals surface area (Å²) in [6.45, 7) is 5.70. The maximum Gasteiger partial charge on any atom is 0.0227 e. The Labute approximate surface area is 90.5 Å². The fourth-order valence-corrected chi connectivity index (χ4v) is 3.39. The number of rotatable bonds is 3. The molecule has 1 aromatic rings. The summed E-state index contributed by atoms with van der Waals surface area (Å²) in [5.41, 5.74) is 0.414. The van der Waals surface area contributed by atoms with Crippen molar-refractivity contribution >= 4 is 11.3 Å². The van der Waals surface area contributed by atoms with E-state index in [2.05, 4.69) is 31.3 Å². The van der Waals surface area contributed by atoms with Gasteiger partial charge in [-0.25, -0.2) is 0 Å². The van der Waals surface area contributed by atoms with Gasteiger partial charge in [0.25, 0.3) is 0 Å². The lowest BCUT2D eigenvalue weighted by Gasteiger charge is -2.27. The highest BCUT2D eigenvalue weighted by molar-refractivity contribution is 7.11. The molecule has 1 saturated heterocycles. The molecule has 0 spiro atoms. The van der Waals surface area contributed by atoms with Crippen LogP contribution in [0.5, 0.6) is 0 Å². The van der Waals surface area contributed by atoms with Crippen molar-refractivity contribution in [2.24, 2.45) is 0 Å². The van der Waals surface area contributed by atoms with E-state index in [4.69, 9.17) is 0 Å². The molecule has 1 aromatic heterocycles. The molecule has 2 heteroatoms. The van der Waals surface area contributed by atoms with Crippen molar-refractivity contribution in [2.75, 3.05) is 6.54 Å². The molecule has 2 heterocycles. The zero-order chi connectivity index (χ0) is 10.0. The molecule has 1 atom stereocenters. The third kappa shape index (κ3) is 2.01. The van der Waals surface area contributed by atoms with Gasteiger partial charge in [0.15, 0.2) is 0 Å². The van der Waals surface area contributed by atoms with E-state index in [-0.39, 0.29) is 0 Å². The van der Waals surface area contributed by atoms with E-state index in [9.17, 15) is 0 Å². The Morgan fingerprint density at radius 2 is 2.36 bits per heavy atom. The van der Waals surface area contributed by atoms with Gasteiger partial charge in [0, 0.05) is 15.3 Å². The van der Waals surface area contributed by atoms with Crippen LogP contribution in [0.4, 0.5) is 0 Å². The first kappa shape index (κ1) is 10.2. The van der Waals surface area contributed by atoms with E-state index in [0.29, 0.717) is 5.54 Å².